The molecular weight excluding hydrogens is 146 g/mol. The quantitative estimate of drug-likeness (QED) is 0.571. The maximum atomic E-state index is 3.79. The lowest BCUT2D eigenvalue weighted by Gasteiger charge is -2.41. The minimum Gasteiger partial charge on any atom is -0.299 e. The molecule has 12 heavy (non-hydrogen) atoms. The lowest BCUT2D eigenvalue weighted by Crippen LogP contribution is -2.43. The van der Waals surface area contributed by atoms with Gasteiger partial charge >= 0.3 is 0 Å². The van der Waals surface area contributed by atoms with Crippen LogP contribution in [0.3, 0.4) is 0 Å². The number of hydrogen-bond donors (Lipinski definition) is 0. The number of hydrogen-bond acceptors (Lipinski definition) is 1. The molecule has 1 aliphatic heterocycles. The van der Waals surface area contributed by atoms with E-state index in [-0.39, 0.29) is 0 Å². The molecule has 70 valence electrons. The Balaban J connectivity index is 2.51. The summed E-state index contributed by atoms with van der Waals surface area (Å²) in [5, 5.41) is 0. The maximum absolute atomic E-state index is 3.79. The molecule has 0 saturated carbocycles. The Morgan fingerprint density at radius 1 is 1.58 bits per heavy atom. The van der Waals surface area contributed by atoms with Gasteiger partial charge in [0.25, 0.3) is 0 Å². The number of rotatable bonds is 2. The van der Waals surface area contributed by atoms with Crippen molar-refractivity contribution in [3.8, 4) is 0 Å². The second kappa shape index (κ2) is 3.61. The van der Waals surface area contributed by atoms with E-state index in [1.54, 1.807) is 0 Å². The molecule has 1 aliphatic rings. The summed E-state index contributed by atoms with van der Waals surface area (Å²) < 4.78 is 0. The molecule has 1 saturated heterocycles. The largest absolute Gasteiger partial charge is 0.299 e. The van der Waals surface area contributed by atoms with E-state index >= 15 is 0 Å². The molecule has 1 unspecified atom stereocenters. The zero-order valence-electron chi connectivity index (χ0n) is 8.64. The zero-order valence-corrected chi connectivity index (χ0v) is 8.64. The summed E-state index contributed by atoms with van der Waals surface area (Å²) in [6.07, 6.45) is 3.37. The minimum absolute atomic E-state index is 0.501. The monoisotopic (exact) mass is 167 g/mol. The van der Waals surface area contributed by atoms with E-state index in [4.69, 9.17) is 0 Å². The van der Waals surface area contributed by atoms with Crippen LogP contribution in [0, 0.1) is 11.3 Å². The molecule has 0 aromatic carbocycles. The van der Waals surface area contributed by atoms with E-state index in [0.29, 0.717) is 5.41 Å². The van der Waals surface area contributed by atoms with Crippen LogP contribution >= 0.6 is 0 Å². The van der Waals surface area contributed by atoms with Gasteiger partial charge in [0.05, 0.1) is 0 Å². The predicted octanol–water partition coefficient (Wildman–Crippen LogP) is 2.54. The molecule has 0 spiro atoms. The number of likely N-dealkylation sites (tertiary alicyclic amines) is 1. The Kier molecular flexibility index (Phi) is 2.94. The molecule has 1 nitrogen and oxygen atoms in total. The van der Waals surface area contributed by atoms with Crippen LogP contribution < -0.4 is 0 Å². The summed E-state index contributed by atoms with van der Waals surface area (Å²) >= 11 is 0. The summed E-state index contributed by atoms with van der Waals surface area (Å²) in [4.78, 5) is 2.50. The highest BCUT2D eigenvalue weighted by molar-refractivity contribution is 4.86. The molecule has 1 atom stereocenters. The van der Waals surface area contributed by atoms with Gasteiger partial charge < -0.3 is 0 Å². The standard InChI is InChI=1S/C11H21N/c1-5-6-12-8-10(2)7-11(3,4)9-12/h5,10H,1,6-9H2,2-4H3. The Bertz CT molecular complexity index is 160. The highest BCUT2D eigenvalue weighted by Crippen LogP contribution is 2.31. The van der Waals surface area contributed by atoms with Gasteiger partial charge in [-0.1, -0.05) is 26.8 Å². The Morgan fingerprint density at radius 2 is 2.25 bits per heavy atom. The second-order valence-corrected chi connectivity index (χ2v) is 4.96. The highest BCUT2D eigenvalue weighted by Gasteiger charge is 2.29. The predicted molar refractivity (Wildman–Crippen MR) is 54.2 cm³/mol. The Labute approximate surface area is 76.5 Å². The van der Waals surface area contributed by atoms with E-state index in [2.05, 4.69) is 32.3 Å². The molecule has 1 heterocycles. The average Bonchev–Trinajstić information content (AvgIpc) is 1.82. The Morgan fingerprint density at radius 3 is 2.75 bits per heavy atom. The number of nitrogens with zero attached hydrogens (tertiary/aromatic N) is 1. The smallest absolute Gasteiger partial charge is 0.0160 e. The first kappa shape index (κ1) is 9.79. The first-order chi connectivity index (χ1) is 5.53. The summed E-state index contributed by atoms with van der Waals surface area (Å²) in [7, 11) is 0. The summed E-state index contributed by atoms with van der Waals surface area (Å²) in [6, 6.07) is 0. The average molecular weight is 167 g/mol. The maximum Gasteiger partial charge on any atom is 0.0160 e. The van der Waals surface area contributed by atoms with Crippen molar-refractivity contribution in [1.29, 1.82) is 0 Å². The third kappa shape index (κ3) is 2.63. The van der Waals surface area contributed by atoms with E-state index in [1.165, 1.54) is 19.5 Å². The van der Waals surface area contributed by atoms with Gasteiger partial charge in [0.2, 0.25) is 0 Å². The van der Waals surface area contributed by atoms with E-state index < -0.39 is 0 Å². The second-order valence-electron chi connectivity index (χ2n) is 4.96. The summed E-state index contributed by atoms with van der Waals surface area (Å²) in [6.45, 7) is 14.4. The van der Waals surface area contributed by atoms with Crippen molar-refractivity contribution in [3.05, 3.63) is 12.7 Å². The zero-order chi connectivity index (χ0) is 9.19. The van der Waals surface area contributed by atoms with Crippen molar-refractivity contribution in [2.24, 2.45) is 11.3 Å². The molecular formula is C11H21N. The third-order valence-electron chi connectivity index (χ3n) is 2.51. The van der Waals surface area contributed by atoms with E-state index in [9.17, 15) is 0 Å². The molecule has 0 radical (unpaired) electrons. The first-order valence-corrected chi connectivity index (χ1v) is 4.87. The molecule has 0 aromatic heterocycles. The minimum atomic E-state index is 0.501. The fourth-order valence-corrected chi connectivity index (χ4v) is 2.50. The third-order valence-corrected chi connectivity index (χ3v) is 2.51. The van der Waals surface area contributed by atoms with Gasteiger partial charge in [-0.3, -0.25) is 4.90 Å². The topological polar surface area (TPSA) is 3.24 Å². The highest BCUT2D eigenvalue weighted by atomic mass is 15.1. The van der Waals surface area contributed by atoms with Crippen LogP contribution in [0.5, 0.6) is 0 Å². The van der Waals surface area contributed by atoms with Gasteiger partial charge in [-0.05, 0) is 17.8 Å². The lowest BCUT2D eigenvalue weighted by atomic mass is 9.79. The molecule has 0 amide bonds. The van der Waals surface area contributed by atoms with Crippen molar-refractivity contribution in [2.75, 3.05) is 19.6 Å². The van der Waals surface area contributed by atoms with Gasteiger partial charge in [0, 0.05) is 19.6 Å². The lowest BCUT2D eigenvalue weighted by molar-refractivity contribution is 0.0896. The van der Waals surface area contributed by atoms with Crippen LogP contribution in [-0.4, -0.2) is 24.5 Å². The van der Waals surface area contributed by atoms with Crippen molar-refractivity contribution >= 4 is 0 Å². The van der Waals surface area contributed by atoms with Gasteiger partial charge in [0.15, 0.2) is 0 Å². The van der Waals surface area contributed by atoms with Crippen molar-refractivity contribution in [2.45, 2.75) is 27.2 Å². The molecule has 0 aromatic rings. The molecule has 1 rings (SSSR count). The van der Waals surface area contributed by atoms with Crippen LogP contribution in [0.15, 0.2) is 12.7 Å². The number of piperidine rings is 1. The van der Waals surface area contributed by atoms with Crippen LogP contribution in [0.4, 0.5) is 0 Å². The molecule has 0 bridgehead atoms. The van der Waals surface area contributed by atoms with E-state index in [0.717, 1.165) is 12.5 Å². The van der Waals surface area contributed by atoms with Crippen LogP contribution in [0.1, 0.15) is 27.2 Å². The van der Waals surface area contributed by atoms with Crippen molar-refractivity contribution in [1.82, 2.24) is 4.90 Å². The molecule has 1 heteroatoms. The van der Waals surface area contributed by atoms with Gasteiger partial charge in [-0.2, -0.15) is 0 Å². The molecule has 0 aliphatic carbocycles. The van der Waals surface area contributed by atoms with Gasteiger partial charge in [-0.15, -0.1) is 6.58 Å². The van der Waals surface area contributed by atoms with Gasteiger partial charge in [-0.25, -0.2) is 0 Å². The summed E-state index contributed by atoms with van der Waals surface area (Å²) in [5.74, 6) is 0.841. The fraction of sp³-hybridized carbons (Fsp3) is 0.818. The van der Waals surface area contributed by atoms with Crippen molar-refractivity contribution < 1.29 is 0 Å². The molecule has 0 N–H and O–H groups in total. The normalized spacial score (nSPS) is 30.1. The fourth-order valence-electron chi connectivity index (χ4n) is 2.50. The Hall–Kier alpha value is -0.300. The van der Waals surface area contributed by atoms with Crippen LogP contribution in [-0.2, 0) is 0 Å². The summed E-state index contributed by atoms with van der Waals surface area (Å²) in [5.41, 5.74) is 0.501. The first-order valence-electron chi connectivity index (χ1n) is 4.87. The van der Waals surface area contributed by atoms with Crippen LogP contribution in [0.25, 0.3) is 0 Å². The SMILES string of the molecule is C=CCN1CC(C)CC(C)(C)C1. The molecule has 1 fully saturated rings. The van der Waals surface area contributed by atoms with Crippen molar-refractivity contribution in [3.63, 3.8) is 0 Å². The van der Waals surface area contributed by atoms with E-state index in [1.807, 2.05) is 6.08 Å². The van der Waals surface area contributed by atoms with Crippen LogP contribution in [0.2, 0.25) is 0 Å². The van der Waals surface area contributed by atoms with Gasteiger partial charge in [0.1, 0.15) is 0 Å².